The molecule has 1 fully saturated rings. The van der Waals surface area contributed by atoms with Crippen molar-refractivity contribution in [2.45, 2.75) is 45.6 Å². The number of nitrogens with zero attached hydrogens (tertiary/aromatic N) is 1. The third-order valence-electron chi connectivity index (χ3n) is 3.47. The van der Waals surface area contributed by atoms with E-state index in [2.05, 4.69) is 24.1 Å². The van der Waals surface area contributed by atoms with Gasteiger partial charge in [0, 0.05) is 13.1 Å². The maximum Gasteiger partial charge on any atom is 0.0632 e. The fourth-order valence-corrected chi connectivity index (χ4v) is 2.40. The van der Waals surface area contributed by atoms with Crippen LogP contribution in [0.2, 0.25) is 0 Å². The Hall–Kier alpha value is -0.120. The van der Waals surface area contributed by atoms with Crippen molar-refractivity contribution in [3.63, 3.8) is 0 Å². The summed E-state index contributed by atoms with van der Waals surface area (Å²) in [6.07, 6.45) is 2.99. The molecule has 0 aromatic heterocycles. The van der Waals surface area contributed by atoms with Gasteiger partial charge in [-0.05, 0) is 51.7 Å². The molecule has 0 aromatic rings. The second-order valence-electron chi connectivity index (χ2n) is 5.56. The summed E-state index contributed by atoms with van der Waals surface area (Å²) in [5, 5.41) is 13.4. The van der Waals surface area contributed by atoms with Crippen molar-refractivity contribution in [1.29, 1.82) is 0 Å². The largest absolute Gasteiger partial charge is 0.390 e. The molecule has 2 atom stereocenters. The highest BCUT2D eigenvalue weighted by molar-refractivity contribution is 4.79. The maximum atomic E-state index is 10.0. The highest BCUT2D eigenvalue weighted by Gasteiger charge is 2.25. The van der Waals surface area contributed by atoms with E-state index in [1.807, 2.05) is 6.92 Å². The quantitative estimate of drug-likeness (QED) is 0.748. The topological polar surface area (TPSA) is 35.5 Å². The van der Waals surface area contributed by atoms with Crippen molar-refractivity contribution in [2.75, 3.05) is 32.7 Å². The molecule has 0 radical (unpaired) electrons. The second kappa shape index (κ2) is 6.58. The molecule has 0 spiro atoms. The summed E-state index contributed by atoms with van der Waals surface area (Å²) < 4.78 is 0. The minimum Gasteiger partial charge on any atom is -0.390 e. The van der Waals surface area contributed by atoms with E-state index in [4.69, 9.17) is 0 Å². The highest BCUT2D eigenvalue weighted by Crippen LogP contribution is 2.21. The average Bonchev–Trinajstić information content (AvgIpc) is 2.37. The predicted molar refractivity (Wildman–Crippen MR) is 68.6 cm³/mol. The van der Waals surface area contributed by atoms with Crippen LogP contribution in [0.25, 0.3) is 0 Å². The van der Waals surface area contributed by atoms with Gasteiger partial charge in [-0.3, -0.25) is 0 Å². The SMILES string of the molecule is CCNCC(C)CN1CCCC(C)(O)CC1. The number of aliphatic hydroxyl groups is 1. The second-order valence-corrected chi connectivity index (χ2v) is 5.56. The Morgan fingerprint density at radius 3 is 2.81 bits per heavy atom. The first-order chi connectivity index (χ1) is 7.53. The van der Waals surface area contributed by atoms with Gasteiger partial charge >= 0.3 is 0 Å². The fraction of sp³-hybridized carbons (Fsp3) is 1.00. The van der Waals surface area contributed by atoms with Crippen LogP contribution in [0.4, 0.5) is 0 Å². The lowest BCUT2D eigenvalue weighted by Gasteiger charge is -2.25. The van der Waals surface area contributed by atoms with Crippen LogP contribution in [0.3, 0.4) is 0 Å². The van der Waals surface area contributed by atoms with Crippen LogP contribution >= 0.6 is 0 Å². The normalized spacial score (nSPS) is 30.0. The van der Waals surface area contributed by atoms with E-state index < -0.39 is 5.60 Å². The van der Waals surface area contributed by atoms with Gasteiger partial charge < -0.3 is 15.3 Å². The van der Waals surface area contributed by atoms with Crippen LogP contribution in [-0.2, 0) is 0 Å². The number of hydrogen-bond donors (Lipinski definition) is 2. The van der Waals surface area contributed by atoms with Crippen molar-refractivity contribution >= 4 is 0 Å². The van der Waals surface area contributed by atoms with Gasteiger partial charge in [0.25, 0.3) is 0 Å². The van der Waals surface area contributed by atoms with Crippen LogP contribution in [0, 0.1) is 5.92 Å². The first-order valence-corrected chi connectivity index (χ1v) is 6.69. The van der Waals surface area contributed by atoms with Crippen molar-refractivity contribution in [3.8, 4) is 0 Å². The third kappa shape index (κ3) is 5.28. The Morgan fingerprint density at radius 2 is 2.12 bits per heavy atom. The molecule has 0 bridgehead atoms. The van der Waals surface area contributed by atoms with Gasteiger partial charge in [-0.2, -0.15) is 0 Å². The molecule has 0 amide bonds. The third-order valence-corrected chi connectivity index (χ3v) is 3.47. The summed E-state index contributed by atoms with van der Waals surface area (Å²) in [5.74, 6) is 0.697. The lowest BCUT2D eigenvalue weighted by Crippen LogP contribution is -2.35. The lowest BCUT2D eigenvalue weighted by atomic mass is 9.98. The van der Waals surface area contributed by atoms with Crippen molar-refractivity contribution in [3.05, 3.63) is 0 Å². The van der Waals surface area contributed by atoms with Gasteiger partial charge in [-0.25, -0.2) is 0 Å². The standard InChI is InChI=1S/C13H28N2O/c1-4-14-10-12(2)11-15-8-5-6-13(3,16)7-9-15/h12,14,16H,4-11H2,1-3H3. The minimum absolute atomic E-state index is 0.431. The predicted octanol–water partition coefficient (Wildman–Crippen LogP) is 1.47. The summed E-state index contributed by atoms with van der Waals surface area (Å²) in [5.41, 5.74) is -0.431. The first-order valence-electron chi connectivity index (χ1n) is 6.69. The van der Waals surface area contributed by atoms with Gasteiger partial charge in [0.05, 0.1) is 5.60 Å². The molecule has 3 heteroatoms. The van der Waals surface area contributed by atoms with Gasteiger partial charge in [0.1, 0.15) is 0 Å². The summed E-state index contributed by atoms with van der Waals surface area (Å²) >= 11 is 0. The van der Waals surface area contributed by atoms with Crippen LogP contribution < -0.4 is 5.32 Å². The molecule has 3 nitrogen and oxygen atoms in total. The molecule has 0 saturated carbocycles. The first kappa shape index (κ1) is 13.9. The van der Waals surface area contributed by atoms with E-state index in [0.29, 0.717) is 5.92 Å². The molecule has 16 heavy (non-hydrogen) atoms. The molecule has 1 aliphatic heterocycles. The molecule has 0 aliphatic carbocycles. The fourth-order valence-electron chi connectivity index (χ4n) is 2.40. The molecule has 1 aliphatic rings. The number of rotatable bonds is 5. The highest BCUT2D eigenvalue weighted by atomic mass is 16.3. The van der Waals surface area contributed by atoms with E-state index in [9.17, 15) is 5.11 Å². The Morgan fingerprint density at radius 1 is 1.38 bits per heavy atom. The zero-order valence-corrected chi connectivity index (χ0v) is 11.1. The maximum absolute atomic E-state index is 10.0. The smallest absolute Gasteiger partial charge is 0.0632 e. The monoisotopic (exact) mass is 228 g/mol. The lowest BCUT2D eigenvalue weighted by molar-refractivity contribution is 0.0442. The molecule has 1 heterocycles. The van der Waals surface area contributed by atoms with E-state index in [1.54, 1.807) is 0 Å². The Balaban J connectivity index is 2.26. The summed E-state index contributed by atoms with van der Waals surface area (Å²) in [4.78, 5) is 2.50. The van der Waals surface area contributed by atoms with Gasteiger partial charge in [0.2, 0.25) is 0 Å². The summed E-state index contributed by atoms with van der Waals surface area (Å²) in [7, 11) is 0. The van der Waals surface area contributed by atoms with Crippen LogP contribution in [-0.4, -0.2) is 48.3 Å². The minimum atomic E-state index is -0.431. The molecular formula is C13H28N2O. The van der Waals surface area contributed by atoms with Crippen molar-refractivity contribution in [2.24, 2.45) is 5.92 Å². The van der Waals surface area contributed by atoms with E-state index in [-0.39, 0.29) is 0 Å². The Labute approximate surface area is 100 Å². The van der Waals surface area contributed by atoms with Gasteiger partial charge in [0.15, 0.2) is 0 Å². The van der Waals surface area contributed by atoms with E-state index >= 15 is 0 Å². The molecule has 1 saturated heterocycles. The molecular weight excluding hydrogens is 200 g/mol. The van der Waals surface area contributed by atoms with E-state index in [0.717, 1.165) is 52.0 Å². The van der Waals surface area contributed by atoms with Crippen LogP contribution in [0.15, 0.2) is 0 Å². The molecule has 96 valence electrons. The Kier molecular flexibility index (Phi) is 5.73. The summed E-state index contributed by atoms with van der Waals surface area (Å²) in [6.45, 7) is 11.9. The zero-order valence-electron chi connectivity index (χ0n) is 11.1. The zero-order chi connectivity index (χ0) is 12.0. The average molecular weight is 228 g/mol. The molecule has 0 aromatic carbocycles. The van der Waals surface area contributed by atoms with Crippen molar-refractivity contribution < 1.29 is 5.11 Å². The van der Waals surface area contributed by atoms with Gasteiger partial charge in [-0.1, -0.05) is 13.8 Å². The van der Waals surface area contributed by atoms with E-state index in [1.165, 1.54) is 0 Å². The molecule has 2 N–H and O–H groups in total. The molecule has 2 unspecified atom stereocenters. The van der Waals surface area contributed by atoms with Crippen LogP contribution in [0.1, 0.15) is 40.0 Å². The van der Waals surface area contributed by atoms with Crippen LogP contribution in [0.5, 0.6) is 0 Å². The Bertz CT molecular complexity index is 194. The number of nitrogens with one attached hydrogen (secondary N) is 1. The van der Waals surface area contributed by atoms with Gasteiger partial charge in [-0.15, -0.1) is 0 Å². The number of likely N-dealkylation sites (tertiary alicyclic amines) is 1. The van der Waals surface area contributed by atoms with Crippen molar-refractivity contribution in [1.82, 2.24) is 10.2 Å². The molecule has 1 rings (SSSR count). The number of hydrogen-bond acceptors (Lipinski definition) is 3. The summed E-state index contributed by atoms with van der Waals surface area (Å²) in [6, 6.07) is 0.